The van der Waals surface area contributed by atoms with Crippen LogP contribution in [0.2, 0.25) is 0 Å². The summed E-state index contributed by atoms with van der Waals surface area (Å²) < 4.78 is 82.7. The average Bonchev–Trinajstić information content (AvgIpc) is 2.54. The molecule has 1 unspecified atom stereocenters. The van der Waals surface area contributed by atoms with Crippen molar-refractivity contribution in [2.45, 2.75) is 25.3 Å². The molecule has 0 bridgehead atoms. The molecular weight excluding hydrogens is 370 g/mol. The monoisotopic (exact) mass is 388 g/mol. The van der Waals surface area contributed by atoms with E-state index < -0.39 is 37.2 Å². The minimum atomic E-state index is -4.64. The van der Waals surface area contributed by atoms with Crippen molar-refractivity contribution in [3.63, 3.8) is 0 Å². The van der Waals surface area contributed by atoms with E-state index in [0.29, 0.717) is 0 Å². The Kier molecular flexibility index (Phi) is 7.54. The zero-order valence-corrected chi connectivity index (χ0v) is 13.9. The summed E-state index contributed by atoms with van der Waals surface area (Å²) >= 11 is 0. The standard InChI is InChI=1S/C15H18F6N2O3/c1-9(22-2)6-23-13(24)11-5-10(25-7-14(16,17)18)3-4-12(11)26-8-15(19,20)21/h3-5,9,22H,6-8H2,1-2H3,(H,23,24). The highest BCUT2D eigenvalue weighted by molar-refractivity contribution is 5.97. The summed E-state index contributed by atoms with van der Waals surface area (Å²) in [5.41, 5.74) is -0.364. The fourth-order valence-corrected chi connectivity index (χ4v) is 1.67. The number of hydrogen-bond donors (Lipinski definition) is 2. The first-order valence-electron chi connectivity index (χ1n) is 7.40. The molecule has 0 saturated heterocycles. The molecule has 0 aliphatic heterocycles. The van der Waals surface area contributed by atoms with Crippen LogP contribution in [0.15, 0.2) is 18.2 Å². The number of likely N-dealkylation sites (N-methyl/N-ethyl adjacent to an activating group) is 1. The largest absolute Gasteiger partial charge is 0.484 e. The number of carbonyl (C=O) groups is 1. The molecule has 0 heterocycles. The summed E-state index contributed by atoms with van der Waals surface area (Å²) in [6.07, 6.45) is -9.24. The zero-order valence-electron chi connectivity index (χ0n) is 13.9. The van der Waals surface area contributed by atoms with Gasteiger partial charge < -0.3 is 20.1 Å². The predicted molar refractivity (Wildman–Crippen MR) is 80.4 cm³/mol. The van der Waals surface area contributed by atoms with Crippen LogP contribution in [0.5, 0.6) is 11.5 Å². The topological polar surface area (TPSA) is 59.6 Å². The first kappa shape index (κ1) is 21.9. The van der Waals surface area contributed by atoms with E-state index in [9.17, 15) is 31.1 Å². The van der Waals surface area contributed by atoms with Crippen molar-refractivity contribution in [2.75, 3.05) is 26.8 Å². The van der Waals surface area contributed by atoms with Crippen LogP contribution in [-0.4, -0.2) is 51.1 Å². The Morgan fingerprint density at radius 3 is 2.19 bits per heavy atom. The van der Waals surface area contributed by atoms with Crippen LogP contribution in [-0.2, 0) is 0 Å². The maximum Gasteiger partial charge on any atom is 0.422 e. The first-order chi connectivity index (χ1) is 11.9. The van der Waals surface area contributed by atoms with Gasteiger partial charge in [0, 0.05) is 12.6 Å². The minimum Gasteiger partial charge on any atom is -0.484 e. The second-order valence-electron chi connectivity index (χ2n) is 5.37. The van der Waals surface area contributed by atoms with Crippen LogP contribution in [0, 0.1) is 0 Å². The zero-order chi connectivity index (χ0) is 20.0. The van der Waals surface area contributed by atoms with Gasteiger partial charge >= 0.3 is 12.4 Å². The smallest absolute Gasteiger partial charge is 0.422 e. The van der Waals surface area contributed by atoms with Crippen molar-refractivity contribution in [3.05, 3.63) is 23.8 Å². The van der Waals surface area contributed by atoms with E-state index in [1.807, 2.05) is 0 Å². The Morgan fingerprint density at radius 1 is 1.08 bits per heavy atom. The molecule has 0 aliphatic carbocycles. The summed E-state index contributed by atoms with van der Waals surface area (Å²) in [5.74, 6) is -1.55. The molecule has 1 aromatic rings. The third-order valence-electron chi connectivity index (χ3n) is 3.05. The molecule has 1 atom stereocenters. The minimum absolute atomic E-state index is 0.136. The van der Waals surface area contributed by atoms with Crippen LogP contribution in [0.1, 0.15) is 17.3 Å². The number of benzene rings is 1. The second-order valence-corrected chi connectivity index (χ2v) is 5.37. The van der Waals surface area contributed by atoms with Crippen molar-refractivity contribution in [3.8, 4) is 11.5 Å². The quantitative estimate of drug-likeness (QED) is 0.673. The summed E-state index contributed by atoms with van der Waals surface area (Å²) in [5, 5.41) is 5.28. The summed E-state index contributed by atoms with van der Waals surface area (Å²) in [6, 6.07) is 2.71. The molecule has 11 heteroatoms. The molecule has 148 valence electrons. The van der Waals surface area contributed by atoms with Crippen LogP contribution < -0.4 is 20.1 Å². The lowest BCUT2D eigenvalue weighted by atomic mass is 10.1. The van der Waals surface area contributed by atoms with E-state index in [1.165, 1.54) is 0 Å². The number of nitrogens with one attached hydrogen (secondary N) is 2. The number of rotatable bonds is 8. The molecule has 1 amide bonds. The van der Waals surface area contributed by atoms with Gasteiger partial charge in [-0.05, 0) is 32.2 Å². The Hall–Kier alpha value is -2.17. The highest BCUT2D eigenvalue weighted by Crippen LogP contribution is 2.27. The molecular formula is C15H18F6N2O3. The molecule has 0 fully saturated rings. The lowest BCUT2D eigenvalue weighted by Gasteiger charge is -2.16. The predicted octanol–water partition coefficient (Wildman–Crippen LogP) is 2.91. The molecule has 26 heavy (non-hydrogen) atoms. The van der Waals surface area contributed by atoms with E-state index in [1.54, 1.807) is 14.0 Å². The maximum absolute atomic E-state index is 12.3. The van der Waals surface area contributed by atoms with E-state index in [0.717, 1.165) is 18.2 Å². The van der Waals surface area contributed by atoms with Crippen LogP contribution >= 0.6 is 0 Å². The first-order valence-corrected chi connectivity index (χ1v) is 7.40. The lowest BCUT2D eigenvalue weighted by molar-refractivity contribution is -0.154. The van der Waals surface area contributed by atoms with Crippen molar-refractivity contribution >= 4 is 5.91 Å². The Labute approximate surface area is 145 Å². The van der Waals surface area contributed by atoms with Gasteiger partial charge in [0.1, 0.15) is 11.5 Å². The SMILES string of the molecule is CNC(C)CNC(=O)c1cc(OCC(F)(F)F)ccc1OCC(F)(F)F. The number of halogens is 6. The van der Waals surface area contributed by atoms with Crippen LogP contribution in [0.25, 0.3) is 0 Å². The number of amides is 1. The van der Waals surface area contributed by atoms with E-state index >= 15 is 0 Å². The summed E-state index contributed by atoms with van der Waals surface area (Å²) in [4.78, 5) is 12.2. The molecule has 1 rings (SSSR count). The highest BCUT2D eigenvalue weighted by atomic mass is 19.4. The number of hydrogen-bond acceptors (Lipinski definition) is 4. The van der Waals surface area contributed by atoms with Crippen molar-refractivity contribution in [1.29, 1.82) is 0 Å². The lowest BCUT2D eigenvalue weighted by Crippen LogP contribution is -2.37. The molecule has 2 N–H and O–H groups in total. The van der Waals surface area contributed by atoms with Gasteiger partial charge in [-0.1, -0.05) is 0 Å². The third-order valence-corrected chi connectivity index (χ3v) is 3.05. The van der Waals surface area contributed by atoms with Crippen molar-refractivity contribution < 1.29 is 40.6 Å². The molecule has 0 spiro atoms. The van der Waals surface area contributed by atoms with Crippen molar-refractivity contribution in [1.82, 2.24) is 10.6 Å². The van der Waals surface area contributed by atoms with Gasteiger partial charge in [0.25, 0.3) is 5.91 Å². The van der Waals surface area contributed by atoms with Gasteiger partial charge in [-0.25, -0.2) is 0 Å². The van der Waals surface area contributed by atoms with Gasteiger partial charge in [-0.2, -0.15) is 26.3 Å². The molecule has 5 nitrogen and oxygen atoms in total. The van der Waals surface area contributed by atoms with E-state index in [2.05, 4.69) is 20.1 Å². The van der Waals surface area contributed by atoms with Gasteiger partial charge in [0.05, 0.1) is 5.56 Å². The fraction of sp³-hybridized carbons (Fsp3) is 0.533. The van der Waals surface area contributed by atoms with Crippen LogP contribution in [0.4, 0.5) is 26.3 Å². The van der Waals surface area contributed by atoms with Gasteiger partial charge in [-0.15, -0.1) is 0 Å². The number of carbonyl (C=O) groups excluding carboxylic acids is 1. The van der Waals surface area contributed by atoms with E-state index in [4.69, 9.17) is 0 Å². The van der Waals surface area contributed by atoms with Crippen molar-refractivity contribution in [2.24, 2.45) is 0 Å². The molecule has 0 saturated carbocycles. The number of ether oxygens (including phenoxy) is 2. The van der Waals surface area contributed by atoms with E-state index in [-0.39, 0.29) is 23.9 Å². The second kappa shape index (κ2) is 8.97. The molecule has 1 aromatic carbocycles. The third kappa shape index (κ3) is 8.28. The van der Waals surface area contributed by atoms with Gasteiger partial charge in [-0.3, -0.25) is 4.79 Å². The average molecular weight is 388 g/mol. The molecule has 0 radical (unpaired) electrons. The van der Waals surface area contributed by atoms with Gasteiger partial charge in [0.15, 0.2) is 13.2 Å². The Morgan fingerprint density at radius 2 is 1.65 bits per heavy atom. The summed E-state index contributed by atoms with van der Waals surface area (Å²) in [7, 11) is 1.64. The summed E-state index contributed by atoms with van der Waals surface area (Å²) in [6.45, 7) is -1.37. The van der Waals surface area contributed by atoms with Gasteiger partial charge in [0.2, 0.25) is 0 Å². The van der Waals surface area contributed by atoms with Crippen LogP contribution in [0.3, 0.4) is 0 Å². The molecule has 0 aliphatic rings. The maximum atomic E-state index is 12.3. The highest BCUT2D eigenvalue weighted by Gasteiger charge is 2.30. The molecule has 0 aromatic heterocycles. The fourth-order valence-electron chi connectivity index (χ4n) is 1.67. The number of alkyl halides is 6. The normalized spacial score (nSPS) is 13.2. The Bertz CT molecular complexity index is 604. The Balaban J connectivity index is 2.98.